The summed E-state index contributed by atoms with van der Waals surface area (Å²) in [5.41, 5.74) is -0.776. The summed E-state index contributed by atoms with van der Waals surface area (Å²) in [5.74, 6) is 0.900. The number of amides is 1. The number of fused-ring (bicyclic) bond motifs is 1. The maximum atomic E-state index is 12.9. The summed E-state index contributed by atoms with van der Waals surface area (Å²) in [6.07, 6.45) is 5.14. The fraction of sp³-hybridized carbons (Fsp3) is 0.474. The number of hydrogen-bond donors (Lipinski definition) is 0. The van der Waals surface area contributed by atoms with Crippen molar-refractivity contribution < 1.29 is 4.79 Å². The lowest BCUT2D eigenvalue weighted by molar-refractivity contribution is -0.139. The second-order valence-corrected chi connectivity index (χ2v) is 6.94. The number of piperazine rings is 1. The summed E-state index contributed by atoms with van der Waals surface area (Å²) in [4.78, 5) is 16.9. The van der Waals surface area contributed by atoms with Gasteiger partial charge in [0.15, 0.2) is 5.82 Å². The first kappa shape index (κ1) is 15.8. The zero-order chi connectivity index (χ0) is 17.3. The minimum absolute atomic E-state index is 0.0242. The number of anilines is 1. The Labute approximate surface area is 147 Å². The molecule has 1 amide bonds. The molecule has 0 bridgehead atoms. The molecule has 2 aliphatic rings. The van der Waals surface area contributed by atoms with E-state index in [9.17, 15) is 10.1 Å². The molecule has 128 valence electrons. The van der Waals surface area contributed by atoms with Gasteiger partial charge in [-0.25, -0.2) is 0 Å². The van der Waals surface area contributed by atoms with Gasteiger partial charge in [-0.05, 0) is 12.8 Å². The van der Waals surface area contributed by atoms with Gasteiger partial charge in [0.25, 0.3) is 0 Å². The van der Waals surface area contributed by atoms with Crippen molar-refractivity contribution in [1.29, 1.82) is 5.26 Å². The van der Waals surface area contributed by atoms with Gasteiger partial charge in [-0.3, -0.25) is 4.79 Å². The molecule has 0 atom stereocenters. The van der Waals surface area contributed by atoms with Crippen LogP contribution in [-0.2, 0) is 4.79 Å². The first-order valence-electron chi connectivity index (χ1n) is 8.89. The van der Waals surface area contributed by atoms with Crippen LogP contribution in [0.4, 0.5) is 5.82 Å². The highest BCUT2D eigenvalue weighted by atomic mass is 16.2. The number of carbonyl (C=O) groups excluding carboxylic acids is 1. The molecule has 0 spiro atoms. The highest BCUT2D eigenvalue weighted by molar-refractivity contribution is 5.91. The van der Waals surface area contributed by atoms with Crippen molar-refractivity contribution in [2.45, 2.75) is 25.7 Å². The maximum Gasteiger partial charge on any atom is 0.243 e. The molecule has 1 aromatic carbocycles. The van der Waals surface area contributed by atoms with E-state index in [0.29, 0.717) is 25.9 Å². The third-order valence-corrected chi connectivity index (χ3v) is 5.50. The van der Waals surface area contributed by atoms with Gasteiger partial charge >= 0.3 is 0 Å². The number of aromatic nitrogens is 2. The van der Waals surface area contributed by atoms with Crippen molar-refractivity contribution in [3.05, 3.63) is 30.5 Å². The van der Waals surface area contributed by atoms with Crippen LogP contribution >= 0.6 is 0 Å². The summed E-state index contributed by atoms with van der Waals surface area (Å²) < 4.78 is 0. The summed E-state index contributed by atoms with van der Waals surface area (Å²) >= 11 is 0. The molecular weight excluding hydrogens is 314 g/mol. The van der Waals surface area contributed by atoms with Crippen molar-refractivity contribution >= 4 is 22.5 Å². The lowest BCUT2D eigenvalue weighted by Crippen LogP contribution is -2.52. The van der Waals surface area contributed by atoms with Crippen molar-refractivity contribution in [3.8, 4) is 6.07 Å². The van der Waals surface area contributed by atoms with Crippen LogP contribution in [0.5, 0.6) is 0 Å². The quantitative estimate of drug-likeness (QED) is 0.842. The van der Waals surface area contributed by atoms with Crippen LogP contribution in [0.15, 0.2) is 30.5 Å². The normalized spacial score (nSPS) is 19.8. The Hall–Kier alpha value is -2.68. The van der Waals surface area contributed by atoms with Gasteiger partial charge in [-0.2, -0.15) is 10.4 Å². The lowest BCUT2D eigenvalue weighted by atomic mass is 9.86. The Balaban J connectivity index is 1.50. The predicted octanol–water partition coefficient (Wildman–Crippen LogP) is 2.36. The average Bonchev–Trinajstić information content (AvgIpc) is 3.17. The number of rotatable bonds is 2. The molecule has 1 aliphatic carbocycles. The minimum Gasteiger partial charge on any atom is -0.351 e. The number of nitriles is 1. The third-order valence-electron chi connectivity index (χ3n) is 5.50. The van der Waals surface area contributed by atoms with Crippen LogP contribution < -0.4 is 4.90 Å². The molecule has 1 aliphatic heterocycles. The van der Waals surface area contributed by atoms with E-state index in [1.54, 1.807) is 6.20 Å². The van der Waals surface area contributed by atoms with Crippen LogP contribution in [0.3, 0.4) is 0 Å². The van der Waals surface area contributed by atoms with Gasteiger partial charge in [0, 0.05) is 37.0 Å². The largest absolute Gasteiger partial charge is 0.351 e. The Morgan fingerprint density at radius 3 is 2.56 bits per heavy atom. The van der Waals surface area contributed by atoms with E-state index >= 15 is 0 Å². The molecule has 2 aromatic rings. The summed E-state index contributed by atoms with van der Waals surface area (Å²) in [6.45, 7) is 2.70. The van der Waals surface area contributed by atoms with Crippen LogP contribution in [0.1, 0.15) is 25.7 Å². The third kappa shape index (κ3) is 2.70. The van der Waals surface area contributed by atoms with Gasteiger partial charge in [-0.15, -0.1) is 5.10 Å². The lowest BCUT2D eigenvalue weighted by Gasteiger charge is -2.38. The molecule has 0 radical (unpaired) electrons. The number of hydrogen-bond acceptors (Lipinski definition) is 5. The molecule has 1 saturated carbocycles. The molecular formula is C19H21N5O. The number of nitrogens with zero attached hydrogens (tertiary/aromatic N) is 5. The predicted molar refractivity (Wildman–Crippen MR) is 94.8 cm³/mol. The van der Waals surface area contributed by atoms with Crippen LogP contribution in [0, 0.1) is 16.7 Å². The van der Waals surface area contributed by atoms with Crippen molar-refractivity contribution in [1.82, 2.24) is 15.1 Å². The number of carbonyl (C=O) groups is 1. The topological polar surface area (TPSA) is 73.1 Å². The van der Waals surface area contributed by atoms with E-state index in [2.05, 4.69) is 27.2 Å². The maximum absolute atomic E-state index is 12.9. The molecule has 2 fully saturated rings. The molecule has 6 heteroatoms. The Morgan fingerprint density at radius 2 is 1.84 bits per heavy atom. The van der Waals surface area contributed by atoms with Crippen LogP contribution in [0.25, 0.3) is 10.8 Å². The average molecular weight is 335 g/mol. The van der Waals surface area contributed by atoms with E-state index in [0.717, 1.165) is 42.5 Å². The summed E-state index contributed by atoms with van der Waals surface area (Å²) in [6, 6.07) is 10.4. The standard InChI is InChI=1S/C19H21N5O/c20-14-19(7-3-4-8-19)18(25)24-11-9-23(10-12-24)17-16-6-2-1-5-15(16)13-21-22-17/h1-2,5-6,13H,3-4,7-12H2. The Kier molecular flexibility index (Phi) is 4.00. The highest BCUT2D eigenvalue weighted by Crippen LogP contribution is 2.39. The van der Waals surface area contributed by atoms with E-state index < -0.39 is 5.41 Å². The molecule has 4 rings (SSSR count). The van der Waals surface area contributed by atoms with E-state index in [-0.39, 0.29) is 5.91 Å². The molecule has 0 N–H and O–H groups in total. The molecule has 1 aromatic heterocycles. The molecule has 2 heterocycles. The summed E-state index contributed by atoms with van der Waals surface area (Å²) in [5, 5.41) is 20.1. The minimum atomic E-state index is -0.776. The molecule has 0 unspecified atom stereocenters. The summed E-state index contributed by atoms with van der Waals surface area (Å²) in [7, 11) is 0. The fourth-order valence-electron chi connectivity index (χ4n) is 4.02. The zero-order valence-corrected chi connectivity index (χ0v) is 14.2. The fourth-order valence-corrected chi connectivity index (χ4v) is 4.02. The van der Waals surface area contributed by atoms with E-state index in [1.807, 2.05) is 23.1 Å². The van der Waals surface area contributed by atoms with Gasteiger partial charge in [0.1, 0.15) is 5.41 Å². The zero-order valence-electron chi connectivity index (χ0n) is 14.2. The highest BCUT2D eigenvalue weighted by Gasteiger charge is 2.44. The van der Waals surface area contributed by atoms with Crippen LogP contribution in [-0.4, -0.2) is 47.2 Å². The first-order valence-corrected chi connectivity index (χ1v) is 8.89. The van der Waals surface area contributed by atoms with Crippen molar-refractivity contribution in [3.63, 3.8) is 0 Å². The smallest absolute Gasteiger partial charge is 0.243 e. The van der Waals surface area contributed by atoms with E-state index in [1.165, 1.54) is 0 Å². The van der Waals surface area contributed by atoms with Crippen molar-refractivity contribution in [2.75, 3.05) is 31.1 Å². The second kappa shape index (κ2) is 6.32. The van der Waals surface area contributed by atoms with Crippen molar-refractivity contribution in [2.24, 2.45) is 5.41 Å². The molecule has 1 saturated heterocycles. The van der Waals surface area contributed by atoms with Crippen LogP contribution in [0.2, 0.25) is 0 Å². The van der Waals surface area contributed by atoms with Gasteiger partial charge in [0.2, 0.25) is 5.91 Å². The Bertz CT molecular complexity index is 824. The Morgan fingerprint density at radius 1 is 1.12 bits per heavy atom. The monoisotopic (exact) mass is 335 g/mol. The van der Waals surface area contributed by atoms with Gasteiger partial charge < -0.3 is 9.80 Å². The number of benzene rings is 1. The second-order valence-electron chi connectivity index (χ2n) is 6.94. The molecule has 25 heavy (non-hydrogen) atoms. The first-order chi connectivity index (χ1) is 12.2. The molecule has 6 nitrogen and oxygen atoms in total. The van der Waals surface area contributed by atoms with E-state index in [4.69, 9.17) is 0 Å². The van der Waals surface area contributed by atoms with Gasteiger partial charge in [0.05, 0.1) is 12.3 Å². The van der Waals surface area contributed by atoms with Gasteiger partial charge in [-0.1, -0.05) is 37.1 Å². The SMILES string of the molecule is N#CC1(C(=O)N2CCN(c3nncc4ccccc34)CC2)CCCC1.